The predicted octanol–water partition coefficient (Wildman–Crippen LogP) is 3.14. The van der Waals surface area contributed by atoms with Crippen LogP contribution in [0.2, 0.25) is 0 Å². The summed E-state index contributed by atoms with van der Waals surface area (Å²) in [7, 11) is 0. The van der Waals surface area contributed by atoms with Crippen LogP contribution >= 0.6 is 0 Å². The van der Waals surface area contributed by atoms with E-state index in [-0.39, 0.29) is 12.2 Å². The molecule has 0 radical (unpaired) electrons. The normalized spacial score (nSPS) is 28.8. The molecule has 0 spiro atoms. The molecule has 1 aliphatic rings. The lowest BCUT2D eigenvalue weighted by Gasteiger charge is -2.30. The van der Waals surface area contributed by atoms with Crippen LogP contribution in [-0.2, 0) is 16.1 Å². The molecule has 16 heavy (non-hydrogen) atoms. The van der Waals surface area contributed by atoms with Gasteiger partial charge in [0.1, 0.15) is 6.10 Å². The minimum Gasteiger partial charge on any atom is -0.498 e. The van der Waals surface area contributed by atoms with Crippen LogP contribution < -0.4 is 0 Å². The Bertz CT molecular complexity index is 345. The van der Waals surface area contributed by atoms with Crippen LogP contribution in [0.5, 0.6) is 0 Å². The van der Waals surface area contributed by atoms with Crippen molar-refractivity contribution in [3.05, 3.63) is 48.2 Å². The summed E-state index contributed by atoms with van der Waals surface area (Å²) in [5.41, 5.74) is 1.21. The fourth-order valence-corrected chi connectivity index (χ4v) is 1.79. The van der Waals surface area contributed by atoms with Gasteiger partial charge in [-0.3, -0.25) is 0 Å². The van der Waals surface area contributed by atoms with Crippen LogP contribution in [0.25, 0.3) is 0 Å². The maximum atomic E-state index is 5.88. The first kappa shape index (κ1) is 11.2. The molecule has 2 heteroatoms. The van der Waals surface area contributed by atoms with Gasteiger partial charge in [-0.2, -0.15) is 0 Å². The predicted molar refractivity (Wildman–Crippen MR) is 63.9 cm³/mol. The van der Waals surface area contributed by atoms with Crippen molar-refractivity contribution >= 4 is 0 Å². The van der Waals surface area contributed by atoms with E-state index in [0.29, 0.717) is 12.5 Å². The highest BCUT2D eigenvalue weighted by molar-refractivity contribution is 5.13. The largest absolute Gasteiger partial charge is 0.498 e. The third-order valence-electron chi connectivity index (χ3n) is 3.11. The van der Waals surface area contributed by atoms with E-state index in [1.807, 2.05) is 24.3 Å². The SMILES string of the molecule is C[C@H]1[C@H](C)OC=C[C@@H]1OCc1ccccc1. The Balaban J connectivity index is 1.91. The van der Waals surface area contributed by atoms with Crippen LogP contribution in [0.15, 0.2) is 42.7 Å². The first-order valence-corrected chi connectivity index (χ1v) is 5.75. The molecule has 1 aromatic carbocycles. The van der Waals surface area contributed by atoms with Crippen molar-refractivity contribution in [2.24, 2.45) is 5.92 Å². The molecule has 0 fully saturated rings. The monoisotopic (exact) mass is 218 g/mol. The summed E-state index contributed by atoms with van der Waals surface area (Å²) in [5, 5.41) is 0. The van der Waals surface area contributed by atoms with Gasteiger partial charge >= 0.3 is 0 Å². The van der Waals surface area contributed by atoms with Gasteiger partial charge in [-0.15, -0.1) is 0 Å². The molecule has 0 amide bonds. The lowest BCUT2D eigenvalue weighted by atomic mass is 9.97. The summed E-state index contributed by atoms with van der Waals surface area (Å²) >= 11 is 0. The molecule has 2 nitrogen and oxygen atoms in total. The molecule has 0 N–H and O–H groups in total. The Morgan fingerprint density at radius 2 is 1.94 bits per heavy atom. The average Bonchev–Trinajstić information content (AvgIpc) is 2.32. The van der Waals surface area contributed by atoms with Gasteiger partial charge in [0, 0.05) is 5.92 Å². The summed E-state index contributed by atoms with van der Waals surface area (Å²) in [6, 6.07) is 10.2. The van der Waals surface area contributed by atoms with Crippen molar-refractivity contribution < 1.29 is 9.47 Å². The third-order valence-corrected chi connectivity index (χ3v) is 3.11. The van der Waals surface area contributed by atoms with Crippen LogP contribution in [0.4, 0.5) is 0 Å². The topological polar surface area (TPSA) is 18.5 Å². The van der Waals surface area contributed by atoms with Gasteiger partial charge in [0.25, 0.3) is 0 Å². The fourth-order valence-electron chi connectivity index (χ4n) is 1.79. The zero-order chi connectivity index (χ0) is 11.4. The molecule has 0 saturated heterocycles. The highest BCUT2D eigenvalue weighted by atomic mass is 16.5. The van der Waals surface area contributed by atoms with E-state index < -0.39 is 0 Å². The molecule has 0 aromatic heterocycles. The molecule has 1 heterocycles. The molecular weight excluding hydrogens is 200 g/mol. The fraction of sp³-hybridized carbons (Fsp3) is 0.429. The Morgan fingerprint density at radius 1 is 1.19 bits per heavy atom. The zero-order valence-corrected chi connectivity index (χ0v) is 9.80. The summed E-state index contributed by atoms with van der Waals surface area (Å²) < 4.78 is 11.3. The quantitative estimate of drug-likeness (QED) is 0.776. The first-order chi connectivity index (χ1) is 7.77. The number of rotatable bonds is 3. The second kappa shape index (κ2) is 5.17. The standard InChI is InChI=1S/C14H18O2/c1-11-12(2)15-9-8-14(11)16-10-13-6-4-3-5-7-13/h3-9,11-12,14H,10H2,1-2H3/t11-,12-,14-/m0/s1. The van der Waals surface area contributed by atoms with Crippen LogP contribution in [0, 0.1) is 5.92 Å². The molecule has 1 aromatic rings. The second-order valence-corrected chi connectivity index (χ2v) is 4.29. The second-order valence-electron chi connectivity index (χ2n) is 4.29. The van der Waals surface area contributed by atoms with Crippen molar-refractivity contribution in [1.29, 1.82) is 0 Å². The molecular formula is C14H18O2. The lowest BCUT2D eigenvalue weighted by Crippen LogP contribution is -2.32. The van der Waals surface area contributed by atoms with Gasteiger partial charge in [-0.1, -0.05) is 37.3 Å². The highest BCUT2D eigenvalue weighted by Crippen LogP contribution is 2.22. The van der Waals surface area contributed by atoms with E-state index in [1.54, 1.807) is 6.26 Å². The van der Waals surface area contributed by atoms with Gasteiger partial charge in [-0.05, 0) is 18.6 Å². The van der Waals surface area contributed by atoms with E-state index in [0.717, 1.165) is 0 Å². The number of hydrogen-bond acceptors (Lipinski definition) is 2. The van der Waals surface area contributed by atoms with E-state index in [4.69, 9.17) is 9.47 Å². The van der Waals surface area contributed by atoms with Crippen molar-refractivity contribution in [3.63, 3.8) is 0 Å². The summed E-state index contributed by atoms with van der Waals surface area (Å²) in [5.74, 6) is 0.397. The van der Waals surface area contributed by atoms with Crippen LogP contribution in [-0.4, -0.2) is 12.2 Å². The maximum absolute atomic E-state index is 5.88. The van der Waals surface area contributed by atoms with Crippen molar-refractivity contribution in [1.82, 2.24) is 0 Å². The minimum atomic E-state index is 0.156. The van der Waals surface area contributed by atoms with Crippen LogP contribution in [0.1, 0.15) is 19.4 Å². The van der Waals surface area contributed by atoms with E-state index in [9.17, 15) is 0 Å². The minimum absolute atomic E-state index is 0.156. The van der Waals surface area contributed by atoms with E-state index in [2.05, 4.69) is 26.0 Å². The lowest BCUT2D eigenvalue weighted by molar-refractivity contribution is -0.0288. The van der Waals surface area contributed by atoms with E-state index >= 15 is 0 Å². The first-order valence-electron chi connectivity index (χ1n) is 5.75. The van der Waals surface area contributed by atoms with Crippen LogP contribution in [0.3, 0.4) is 0 Å². The zero-order valence-electron chi connectivity index (χ0n) is 9.80. The third kappa shape index (κ3) is 2.64. The van der Waals surface area contributed by atoms with Gasteiger partial charge in [0.15, 0.2) is 0 Å². The van der Waals surface area contributed by atoms with Gasteiger partial charge < -0.3 is 9.47 Å². The molecule has 2 rings (SSSR count). The molecule has 1 aliphatic heterocycles. The Morgan fingerprint density at radius 3 is 2.69 bits per heavy atom. The van der Waals surface area contributed by atoms with Gasteiger partial charge in [0.2, 0.25) is 0 Å². The molecule has 0 bridgehead atoms. The number of ether oxygens (including phenoxy) is 2. The molecule has 0 aliphatic carbocycles. The Labute approximate surface area is 96.9 Å². The molecule has 0 unspecified atom stereocenters. The van der Waals surface area contributed by atoms with Crippen molar-refractivity contribution in [2.75, 3.05) is 0 Å². The maximum Gasteiger partial charge on any atom is 0.100 e. The number of hydrogen-bond donors (Lipinski definition) is 0. The highest BCUT2D eigenvalue weighted by Gasteiger charge is 2.25. The summed E-state index contributed by atoms with van der Waals surface area (Å²) in [4.78, 5) is 0. The smallest absolute Gasteiger partial charge is 0.100 e. The molecule has 0 saturated carbocycles. The Hall–Kier alpha value is -1.28. The summed E-state index contributed by atoms with van der Waals surface area (Å²) in [6.07, 6.45) is 4.13. The molecule has 86 valence electrons. The van der Waals surface area contributed by atoms with Gasteiger partial charge in [0.05, 0.1) is 19.0 Å². The van der Waals surface area contributed by atoms with Gasteiger partial charge in [-0.25, -0.2) is 0 Å². The van der Waals surface area contributed by atoms with Crippen molar-refractivity contribution in [2.45, 2.75) is 32.7 Å². The summed E-state index contributed by atoms with van der Waals surface area (Å²) in [6.45, 7) is 4.89. The number of benzene rings is 1. The average molecular weight is 218 g/mol. The van der Waals surface area contributed by atoms with Crippen molar-refractivity contribution in [3.8, 4) is 0 Å². The van der Waals surface area contributed by atoms with E-state index in [1.165, 1.54) is 5.56 Å². The Kier molecular flexibility index (Phi) is 3.62. The molecule has 3 atom stereocenters.